The van der Waals surface area contributed by atoms with E-state index in [2.05, 4.69) is 55.9 Å². The number of aryl methyl sites for hydroxylation is 2. The quantitative estimate of drug-likeness (QED) is 0.284. The molecule has 0 spiro atoms. The molecule has 0 aliphatic carbocycles. The molecule has 5 aromatic rings. The summed E-state index contributed by atoms with van der Waals surface area (Å²) in [6.45, 7) is 11.7. The molecule has 1 saturated heterocycles. The zero-order chi connectivity index (χ0) is 29.4. The average Bonchev–Trinajstić information content (AvgIpc) is 3.37. The van der Waals surface area contributed by atoms with Gasteiger partial charge in [0.15, 0.2) is 5.82 Å². The molecule has 0 bridgehead atoms. The molecule has 12 heteroatoms. The van der Waals surface area contributed by atoms with Gasteiger partial charge in [-0.3, -0.25) is 4.79 Å². The second kappa shape index (κ2) is 11.0. The Morgan fingerprint density at radius 3 is 2.76 bits per heavy atom. The number of carbonyl (C=O) groups excluding carboxylic acids is 1. The second-order valence-corrected chi connectivity index (χ2v) is 10.7. The van der Waals surface area contributed by atoms with Gasteiger partial charge in [0.25, 0.3) is 0 Å². The third-order valence-electron chi connectivity index (χ3n) is 7.54. The minimum absolute atomic E-state index is 0.0272. The largest absolute Gasteiger partial charge is 0.457 e. The number of carbonyl (C=O) groups is 1. The SMILES string of the molecule is C=CC(=O)N1CCN(c2ncc3ncnc(Nc4ccc(Oc5ccc6c(c5)nnn6C)c(C)c4)c3n2)C[C@H]1C(C)C. The Kier molecular flexibility index (Phi) is 7.11. The first-order chi connectivity index (χ1) is 20.3. The van der Waals surface area contributed by atoms with Crippen molar-refractivity contribution in [1.82, 2.24) is 39.8 Å². The van der Waals surface area contributed by atoms with E-state index in [1.54, 1.807) is 10.9 Å². The van der Waals surface area contributed by atoms with Gasteiger partial charge in [-0.05, 0) is 54.8 Å². The summed E-state index contributed by atoms with van der Waals surface area (Å²) in [6, 6.07) is 11.6. The molecule has 0 unspecified atom stereocenters. The molecule has 2 aromatic carbocycles. The summed E-state index contributed by atoms with van der Waals surface area (Å²) in [5, 5.41) is 11.6. The molecular formula is C30H32N10O2. The highest BCUT2D eigenvalue weighted by Gasteiger charge is 2.32. The van der Waals surface area contributed by atoms with E-state index in [9.17, 15) is 4.79 Å². The Hall–Kier alpha value is -5.13. The van der Waals surface area contributed by atoms with Crippen LogP contribution in [0, 0.1) is 12.8 Å². The maximum absolute atomic E-state index is 12.4. The van der Waals surface area contributed by atoms with Crippen LogP contribution in [0.3, 0.4) is 0 Å². The van der Waals surface area contributed by atoms with Crippen molar-refractivity contribution in [3.63, 3.8) is 0 Å². The Bertz CT molecular complexity index is 1800. The number of rotatable bonds is 7. The van der Waals surface area contributed by atoms with Crippen molar-refractivity contribution in [3.8, 4) is 11.5 Å². The normalized spacial score (nSPS) is 15.4. The molecule has 1 atom stereocenters. The summed E-state index contributed by atoms with van der Waals surface area (Å²) in [4.78, 5) is 34.7. The van der Waals surface area contributed by atoms with E-state index < -0.39 is 0 Å². The number of hydrogen-bond donors (Lipinski definition) is 1. The Labute approximate surface area is 243 Å². The molecule has 1 fully saturated rings. The molecule has 0 radical (unpaired) electrons. The van der Waals surface area contributed by atoms with Gasteiger partial charge in [-0.15, -0.1) is 5.10 Å². The van der Waals surface area contributed by atoms with E-state index in [0.29, 0.717) is 48.2 Å². The topological polar surface area (TPSA) is 127 Å². The number of amides is 1. The summed E-state index contributed by atoms with van der Waals surface area (Å²) in [6.07, 6.45) is 4.59. The van der Waals surface area contributed by atoms with E-state index in [4.69, 9.17) is 9.72 Å². The van der Waals surface area contributed by atoms with E-state index in [1.807, 2.05) is 55.3 Å². The van der Waals surface area contributed by atoms with Crippen LogP contribution in [0.1, 0.15) is 19.4 Å². The van der Waals surface area contributed by atoms with Crippen LogP contribution in [0.5, 0.6) is 11.5 Å². The van der Waals surface area contributed by atoms with Crippen molar-refractivity contribution in [1.29, 1.82) is 0 Å². The van der Waals surface area contributed by atoms with Gasteiger partial charge in [-0.1, -0.05) is 25.6 Å². The van der Waals surface area contributed by atoms with Crippen LogP contribution in [0.2, 0.25) is 0 Å². The summed E-state index contributed by atoms with van der Waals surface area (Å²) < 4.78 is 7.88. The standard InChI is InChI=1S/C30H32N10O2/c1-6-27(41)40-12-11-39(16-25(40)18(2)3)30-31-15-23-28(35-30)29(33-17-32-23)34-20-7-10-26(19(4)13-20)42-21-8-9-24-22(14-21)36-37-38(24)5/h6-10,13-15,17-18,25H,1,11-12,16H2,2-5H3,(H,32,33,34)/t25-/m0/s1. The van der Waals surface area contributed by atoms with Crippen LogP contribution in [0.25, 0.3) is 22.1 Å². The fraction of sp³-hybridized carbons (Fsp3) is 0.300. The molecule has 6 rings (SSSR count). The minimum Gasteiger partial charge on any atom is -0.457 e. The smallest absolute Gasteiger partial charge is 0.246 e. The minimum atomic E-state index is -0.0500. The zero-order valence-electron chi connectivity index (χ0n) is 24.0. The number of fused-ring (bicyclic) bond motifs is 2. The predicted octanol–water partition coefficient (Wildman–Crippen LogP) is 4.41. The highest BCUT2D eigenvalue weighted by atomic mass is 16.5. The number of nitrogens with one attached hydrogen (secondary N) is 1. The first-order valence-corrected chi connectivity index (χ1v) is 13.8. The lowest BCUT2D eigenvalue weighted by Gasteiger charge is -2.43. The van der Waals surface area contributed by atoms with Gasteiger partial charge >= 0.3 is 0 Å². The first kappa shape index (κ1) is 27.1. The van der Waals surface area contributed by atoms with Gasteiger partial charge in [0, 0.05) is 38.4 Å². The number of anilines is 3. The fourth-order valence-corrected chi connectivity index (χ4v) is 5.23. The van der Waals surface area contributed by atoms with Gasteiger partial charge < -0.3 is 19.9 Å². The van der Waals surface area contributed by atoms with Gasteiger partial charge in [0.05, 0.1) is 17.8 Å². The van der Waals surface area contributed by atoms with Crippen molar-refractivity contribution >= 4 is 45.4 Å². The van der Waals surface area contributed by atoms with E-state index in [1.165, 1.54) is 12.4 Å². The third kappa shape index (κ3) is 5.18. The molecular weight excluding hydrogens is 532 g/mol. The van der Waals surface area contributed by atoms with Crippen LogP contribution >= 0.6 is 0 Å². The molecule has 1 aliphatic rings. The zero-order valence-corrected chi connectivity index (χ0v) is 24.0. The Morgan fingerprint density at radius 1 is 1.12 bits per heavy atom. The molecule has 214 valence electrons. The molecule has 0 saturated carbocycles. The van der Waals surface area contributed by atoms with Gasteiger partial charge in [0.2, 0.25) is 11.9 Å². The van der Waals surface area contributed by atoms with Gasteiger partial charge in [-0.2, -0.15) is 0 Å². The van der Waals surface area contributed by atoms with Crippen LogP contribution in [0.15, 0.2) is 61.6 Å². The molecule has 42 heavy (non-hydrogen) atoms. The maximum Gasteiger partial charge on any atom is 0.246 e. The van der Waals surface area contributed by atoms with Gasteiger partial charge in [0.1, 0.15) is 34.4 Å². The number of aromatic nitrogens is 7. The average molecular weight is 565 g/mol. The maximum atomic E-state index is 12.4. The van der Waals surface area contributed by atoms with Crippen LogP contribution < -0.4 is 15.0 Å². The number of nitrogens with zero attached hydrogens (tertiary/aromatic N) is 9. The number of hydrogen-bond acceptors (Lipinski definition) is 10. The second-order valence-electron chi connectivity index (χ2n) is 10.7. The molecule has 12 nitrogen and oxygen atoms in total. The Morgan fingerprint density at radius 2 is 1.98 bits per heavy atom. The lowest BCUT2D eigenvalue weighted by Crippen LogP contribution is -2.57. The molecule has 4 heterocycles. The third-order valence-corrected chi connectivity index (χ3v) is 7.54. The van der Waals surface area contributed by atoms with E-state index >= 15 is 0 Å². The predicted molar refractivity (Wildman–Crippen MR) is 161 cm³/mol. The van der Waals surface area contributed by atoms with Crippen molar-refractivity contribution in [3.05, 3.63) is 67.1 Å². The molecule has 3 aromatic heterocycles. The Balaban J connectivity index is 1.22. The van der Waals surface area contributed by atoms with Crippen LogP contribution in [-0.2, 0) is 11.8 Å². The lowest BCUT2D eigenvalue weighted by atomic mass is 9.99. The van der Waals surface area contributed by atoms with Crippen molar-refractivity contribution in [2.45, 2.75) is 26.8 Å². The highest BCUT2D eigenvalue weighted by molar-refractivity contribution is 5.88. The molecule has 1 N–H and O–H groups in total. The summed E-state index contributed by atoms with van der Waals surface area (Å²) >= 11 is 0. The molecule has 1 amide bonds. The summed E-state index contributed by atoms with van der Waals surface area (Å²) in [7, 11) is 1.86. The van der Waals surface area contributed by atoms with Crippen molar-refractivity contribution in [2.24, 2.45) is 13.0 Å². The number of ether oxygens (including phenoxy) is 1. The van der Waals surface area contributed by atoms with E-state index in [0.717, 1.165) is 28.0 Å². The van der Waals surface area contributed by atoms with Crippen molar-refractivity contribution in [2.75, 3.05) is 29.9 Å². The van der Waals surface area contributed by atoms with Crippen molar-refractivity contribution < 1.29 is 9.53 Å². The monoisotopic (exact) mass is 564 g/mol. The van der Waals surface area contributed by atoms with Crippen LogP contribution in [-0.4, -0.2) is 71.4 Å². The van der Waals surface area contributed by atoms with Crippen LogP contribution in [0.4, 0.5) is 17.5 Å². The fourth-order valence-electron chi connectivity index (χ4n) is 5.23. The summed E-state index contributed by atoms with van der Waals surface area (Å²) in [5.74, 6) is 2.79. The lowest BCUT2D eigenvalue weighted by molar-refractivity contribution is -0.129. The summed E-state index contributed by atoms with van der Waals surface area (Å²) in [5.41, 5.74) is 4.74. The number of piperazine rings is 1. The van der Waals surface area contributed by atoms with Gasteiger partial charge in [-0.25, -0.2) is 24.6 Å². The highest BCUT2D eigenvalue weighted by Crippen LogP contribution is 2.31. The van der Waals surface area contributed by atoms with E-state index in [-0.39, 0.29) is 17.9 Å². The number of benzene rings is 2. The first-order valence-electron chi connectivity index (χ1n) is 13.8. The molecule has 1 aliphatic heterocycles.